The molecule has 0 radical (unpaired) electrons. The molecule has 0 aliphatic carbocycles. The fourth-order valence-electron chi connectivity index (χ4n) is 4.00. The third kappa shape index (κ3) is 1.92. The molecule has 0 unspecified atom stereocenters. The highest BCUT2D eigenvalue weighted by molar-refractivity contribution is 7.19. The van der Waals surface area contributed by atoms with E-state index >= 15 is 0 Å². The van der Waals surface area contributed by atoms with Gasteiger partial charge < -0.3 is 0 Å². The molecular formula is C23H14S2. The van der Waals surface area contributed by atoms with Gasteiger partial charge in [0, 0.05) is 14.3 Å². The van der Waals surface area contributed by atoms with E-state index in [1.165, 1.54) is 57.4 Å². The van der Waals surface area contributed by atoms with E-state index in [4.69, 9.17) is 0 Å². The molecule has 25 heavy (non-hydrogen) atoms. The van der Waals surface area contributed by atoms with Crippen LogP contribution < -0.4 is 0 Å². The SMILES string of the molecule is Cc1cc2cc3c(ccc4c5cc6ccsc6cc5ccc34)cc2s1. The van der Waals surface area contributed by atoms with Gasteiger partial charge in [-0.15, -0.1) is 22.7 Å². The van der Waals surface area contributed by atoms with Crippen LogP contribution in [0.1, 0.15) is 4.88 Å². The standard InChI is InChI=1S/C23H14S2/c1-13-8-17-10-21-15(12-23(17)25-13)3-5-18-19(21)4-2-14-11-22-16(6-7-24-22)9-20(14)18/h2-12H,1H3. The predicted molar refractivity (Wildman–Crippen MR) is 114 cm³/mol. The minimum Gasteiger partial charge on any atom is -0.144 e. The maximum Gasteiger partial charge on any atom is 0.0351 e. The summed E-state index contributed by atoms with van der Waals surface area (Å²) in [6.07, 6.45) is 0. The quantitative estimate of drug-likeness (QED) is 0.243. The number of hydrogen-bond acceptors (Lipinski definition) is 2. The van der Waals surface area contributed by atoms with E-state index in [9.17, 15) is 0 Å². The van der Waals surface area contributed by atoms with Gasteiger partial charge in [-0.1, -0.05) is 24.3 Å². The number of benzene rings is 4. The molecule has 2 heteroatoms. The first-order valence-electron chi connectivity index (χ1n) is 8.43. The van der Waals surface area contributed by atoms with Crippen LogP contribution in [0.4, 0.5) is 0 Å². The van der Waals surface area contributed by atoms with Gasteiger partial charge in [0.15, 0.2) is 0 Å². The van der Waals surface area contributed by atoms with Gasteiger partial charge in [0.05, 0.1) is 0 Å². The van der Waals surface area contributed by atoms with Gasteiger partial charge in [-0.25, -0.2) is 0 Å². The molecule has 0 saturated carbocycles. The molecule has 4 aromatic carbocycles. The van der Waals surface area contributed by atoms with Gasteiger partial charge in [-0.2, -0.15) is 0 Å². The van der Waals surface area contributed by atoms with E-state index in [1.807, 2.05) is 22.7 Å². The summed E-state index contributed by atoms with van der Waals surface area (Å²) in [7, 11) is 0. The van der Waals surface area contributed by atoms with Crippen molar-refractivity contribution in [3.8, 4) is 0 Å². The second kappa shape index (κ2) is 4.81. The van der Waals surface area contributed by atoms with Crippen molar-refractivity contribution < 1.29 is 0 Å². The van der Waals surface area contributed by atoms with Crippen molar-refractivity contribution in [3.05, 3.63) is 70.9 Å². The topological polar surface area (TPSA) is 0 Å². The number of hydrogen-bond donors (Lipinski definition) is 0. The van der Waals surface area contributed by atoms with Crippen LogP contribution in [0.25, 0.3) is 52.5 Å². The zero-order valence-corrected chi connectivity index (χ0v) is 15.3. The van der Waals surface area contributed by atoms with Crippen LogP contribution >= 0.6 is 22.7 Å². The Kier molecular flexibility index (Phi) is 2.66. The Labute approximate surface area is 152 Å². The Morgan fingerprint density at radius 3 is 2.00 bits per heavy atom. The first kappa shape index (κ1) is 13.8. The average Bonchev–Trinajstić information content (AvgIpc) is 3.21. The molecule has 0 aliphatic heterocycles. The molecule has 0 atom stereocenters. The summed E-state index contributed by atoms with van der Waals surface area (Å²) < 4.78 is 2.74. The molecule has 0 fully saturated rings. The van der Waals surface area contributed by atoms with Crippen molar-refractivity contribution in [1.82, 2.24) is 0 Å². The number of thiophene rings is 2. The normalized spacial score (nSPS) is 12.2. The summed E-state index contributed by atoms with van der Waals surface area (Å²) in [5.74, 6) is 0. The van der Waals surface area contributed by atoms with Crippen LogP contribution in [-0.4, -0.2) is 0 Å². The van der Waals surface area contributed by atoms with E-state index in [1.54, 1.807) is 0 Å². The molecule has 2 aromatic heterocycles. The van der Waals surface area contributed by atoms with Gasteiger partial charge in [0.1, 0.15) is 0 Å². The van der Waals surface area contributed by atoms with Crippen molar-refractivity contribution in [2.75, 3.05) is 0 Å². The monoisotopic (exact) mass is 354 g/mol. The maximum atomic E-state index is 2.37. The zero-order chi connectivity index (χ0) is 16.5. The highest BCUT2D eigenvalue weighted by atomic mass is 32.1. The maximum absolute atomic E-state index is 2.37. The van der Waals surface area contributed by atoms with E-state index in [0.29, 0.717) is 0 Å². The molecule has 0 spiro atoms. The largest absolute Gasteiger partial charge is 0.144 e. The average molecular weight is 354 g/mol. The van der Waals surface area contributed by atoms with Gasteiger partial charge >= 0.3 is 0 Å². The van der Waals surface area contributed by atoms with E-state index in [0.717, 1.165) is 0 Å². The van der Waals surface area contributed by atoms with Gasteiger partial charge in [0.2, 0.25) is 0 Å². The highest BCUT2D eigenvalue weighted by Crippen LogP contribution is 2.37. The van der Waals surface area contributed by atoms with E-state index in [-0.39, 0.29) is 0 Å². The number of fused-ring (bicyclic) bond motifs is 7. The second-order valence-electron chi connectivity index (χ2n) is 6.73. The Morgan fingerprint density at radius 2 is 1.24 bits per heavy atom. The van der Waals surface area contributed by atoms with Gasteiger partial charge in [-0.05, 0) is 91.8 Å². The zero-order valence-electron chi connectivity index (χ0n) is 13.7. The fourth-order valence-corrected chi connectivity index (χ4v) is 5.77. The van der Waals surface area contributed by atoms with Crippen molar-refractivity contribution >= 4 is 75.2 Å². The summed E-state index contributed by atoms with van der Waals surface area (Å²) in [6, 6.07) is 23.1. The van der Waals surface area contributed by atoms with Crippen LogP contribution in [0, 0.1) is 6.92 Å². The lowest BCUT2D eigenvalue weighted by molar-refractivity contribution is 1.66. The van der Waals surface area contributed by atoms with E-state index < -0.39 is 0 Å². The van der Waals surface area contributed by atoms with Gasteiger partial charge in [-0.3, -0.25) is 0 Å². The third-order valence-corrected chi connectivity index (χ3v) is 7.06. The Balaban J connectivity index is 1.81. The first-order valence-corrected chi connectivity index (χ1v) is 10.1. The van der Waals surface area contributed by atoms with Crippen LogP contribution in [-0.2, 0) is 0 Å². The fraction of sp³-hybridized carbons (Fsp3) is 0.0435. The van der Waals surface area contributed by atoms with Crippen LogP contribution in [0.5, 0.6) is 0 Å². The van der Waals surface area contributed by atoms with Crippen LogP contribution in [0.2, 0.25) is 0 Å². The molecular weight excluding hydrogens is 340 g/mol. The highest BCUT2D eigenvalue weighted by Gasteiger charge is 2.08. The Morgan fingerprint density at radius 1 is 0.560 bits per heavy atom. The molecule has 0 nitrogen and oxygen atoms in total. The molecule has 6 rings (SSSR count). The van der Waals surface area contributed by atoms with Crippen molar-refractivity contribution in [2.24, 2.45) is 0 Å². The molecule has 0 N–H and O–H groups in total. The minimum absolute atomic E-state index is 1.33. The van der Waals surface area contributed by atoms with Crippen molar-refractivity contribution in [3.63, 3.8) is 0 Å². The molecule has 2 heterocycles. The second-order valence-corrected chi connectivity index (χ2v) is 8.96. The summed E-state index contributed by atoms with van der Waals surface area (Å²) in [5, 5.41) is 12.9. The lowest BCUT2D eigenvalue weighted by Gasteiger charge is -2.08. The van der Waals surface area contributed by atoms with Crippen molar-refractivity contribution in [2.45, 2.75) is 6.92 Å². The summed E-state index contributed by atoms with van der Waals surface area (Å²) in [6.45, 7) is 2.19. The number of rotatable bonds is 0. The smallest absolute Gasteiger partial charge is 0.0351 e. The molecule has 0 aliphatic rings. The molecule has 0 amide bonds. The Hall–Kier alpha value is -2.42. The van der Waals surface area contributed by atoms with E-state index in [2.05, 4.69) is 73.0 Å². The number of aryl methyl sites for hydroxylation is 1. The van der Waals surface area contributed by atoms with Gasteiger partial charge in [0.25, 0.3) is 0 Å². The van der Waals surface area contributed by atoms with Crippen LogP contribution in [0.15, 0.2) is 66.0 Å². The predicted octanol–water partition coefficient (Wildman–Crippen LogP) is 7.88. The Bertz CT molecular complexity index is 1450. The third-order valence-electron chi connectivity index (χ3n) is 5.17. The lowest BCUT2D eigenvalue weighted by Crippen LogP contribution is -1.81. The minimum atomic E-state index is 1.33. The summed E-state index contributed by atoms with van der Waals surface area (Å²) >= 11 is 3.69. The molecule has 118 valence electrons. The summed E-state index contributed by atoms with van der Waals surface area (Å²) in [5.41, 5.74) is 0. The van der Waals surface area contributed by atoms with Crippen LogP contribution in [0.3, 0.4) is 0 Å². The molecule has 6 aromatic rings. The summed E-state index contributed by atoms with van der Waals surface area (Å²) in [4.78, 5) is 1.37. The molecule has 0 bridgehead atoms. The van der Waals surface area contributed by atoms with Crippen molar-refractivity contribution in [1.29, 1.82) is 0 Å². The first-order chi connectivity index (χ1) is 12.3. The molecule has 0 saturated heterocycles. The lowest BCUT2D eigenvalue weighted by atomic mass is 9.96.